The van der Waals surface area contributed by atoms with Crippen LogP contribution in [0, 0.1) is 12.3 Å². The lowest BCUT2D eigenvalue weighted by atomic mass is 9.86. The average Bonchev–Trinajstić information content (AvgIpc) is 3.18. The summed E-state index contributed by atoms with van der Waals surface area (Å²) in [5.41, 5.74) is -1.83. The van der Waals surface area contributed by atoms with E-state index in [1.54, 1.807) is 6.92 Å². The number of aryl methyl sites for hydroxylation is 1. The summed E-state index contributed by atoms with van der Waals surface area (Å²) in [5, 5.41) is 11.4. The molecule has 11 heteroatoms. The number of oxime groups is 1. The van der Waals surface area contributed by atoms with Gasteiger partial charge in [0, 0.05) is 34.6 Å². The highest BCUT2D eigenvalue weighted by atomic mass is 35.5. The SMILES string of the molecule is COC(=N)N(C)C(=O)c1ccc(C2=NOC(c3cc(Cl)cc(Cl)c3)(C(F)(F)F)C2)cc1C. The molecule has 1 atom stereocenters. The molecule has 0 fully saturated rings. The van der Waals surface area contributed by atoms with Crippen molar-refractivity contribution in [2.45, 2.75) is 25.1 Å². The van der Waals surface area contributed by atoms with Crippen molar-refractivity contribution in [2.75, 3.05) is 14.2 Å². The highest BCUT2D eigenvalue weighted by Gasteiger charge is 2.62. The Labute approximate surface area is 192 Å². The number of amidine groups is 1. The number of benzene rings is 2. The predicted octanol–water partition coefficient (Wildman–Crippen LogP) is 5.54. The Kier molecular flexibility index (Phi) is 6.44. The number of nitrogens with zero attached hydrogens (tertiary/aromatic N) is 2. The van der Waals surface area contributed by atoms with Gasteiger partial charge in [0.2, 0.25) is 0 Å². The van der Waals surface area contributed by atoms with Crippen molar-refractivity contribution in [3.63, 3.8) is 0 Å². The van der Waals surface area contributed by atoms with E-state index in [2.05, 4.69) is 5.16 Å². The number of rotatable bonds is 3. The van der Waals surface area contributed by atoms with E-state index in [0.717, 1.165) is 17.0 Å². The molecule has 1 aliphatic heterocycles. The lowest BCUT2D eigenvalue weighted by molar-refractivity contribution is -0.275. The van der Waals surface area contributed by atoms with Crippen LogP contribution in [0.15, 0.2) is 41.6 Å². The van der Waals surface area contributed by atoms with Gasteiger partial charge in [-0.1, -0.05) is 34.4 Å². The van der Waals surface area contributed by atoms with Crippen LogP contribution in [0.5, 0.6) is 0 Å². The monoisotopic (exact) mass is 487 g/mol. The Hall–Kier alpha value is -2.78. The topological polar surface area (TPSA) is 75.0 Å². The van der Waals surface area contributed by atoms with Gasteiger partial charge in [0.15, 0.2) is 0 Å². The Morgan fingerprint density at radius 1 is 1.22 bits per heavy atom. The quantitative estimate of drug-likeness (QED) is 0.456. The molecule has 32 heavy (non-hydrogen) atoms. The lowest BCUT2D eigenvalue weighted by Crippen LogP contribution is -2.42. The maximum Gasteiger partial charge on any atom is 0.435 e. The number of amides is 1. The first-order valence-electron chi connectivity index (χ1n) is 9.19. The van der Waals surface area contributed by atoms with Gasteiger partial charge in [-0.3, -0.25) is 15.1 Å². The fraction of sp³-hybridized carbons (Fsp3) is 0.286. The van der Waals surface area contributed by atoms with Gasteiger partial charge in [-0.05, 0) is 48.4 Å². The summed E-state index contributed by atoms with van der Waals surface area (Å²) >= 11 is 11.8. The summed E-state index contributed by atoms with van der Waals surface area (Å²) in [7, 11) is 2.64. The number of carbonyl (C=O) groups is 1. The van der Waals surface area contributed by atoms with Gasteiger partial charge in [-0.25, -0.2) is 0 Å². The van der Waals surface area contributed by atoms with Gasteiger partial charge in [-0.2, -0.15) is 13.2 Å². The van der Waals surface area contributed by atoms with Crippen LogP contribution >= 0.6 is 23.2 Å². The molecule has 2 aromatic rings. The minimum Gasteiger partial charge on any atom is -0.468 e. The minimum atomic E-state index is -4.81. The summed E-state index contributed by atoms with van der Waals surface area (Å²) in [6.45, 7) is 1.63. The zero-order valence-corrected chi connectivity index (χ0v) is 18.7. The summed E-state index contributed by atoms with van der Waals surface area (Å²) in [4.78, 5) is 18.6. The van der Waals surface area contributed by atoms with Crippen LogP contribution in [0.1, 0.15) is 33.5 Å². The molecule has 3 rings (SSSR count). The molecule has 1 amide bonds. The zero-order chi connectivity index (χ0) is 23.8. The molecule has 0 saturated heterocycles. The van der Waals surface area contributed by atoms with Crippen molar-refractivity contribution >= 4 is 40.8 Å². The molecule has 0 saturated carbocycles. The standard InChI is InChI=1S/C21H18Cl2F3N3O3/c1-11-6-12(4-5-16(11)18(30)29(2)19(27)31-3)17-10-20(32-28-17,21(24,25)26)13-7-14(22)9-15(23)8-13/h4-9,27H,10H2,1-3H3. The number of ether oxygens (including phenoxy) is 1. The van der Waals surface area contributed by atoms with Gasteiger partial charge in [0.25, 0.3) is 17.5 Å². The van der Waals surface area contributed by atoms with Crippen LogP contribution in [0.2, 0.25) is 10.0 Å². The third kappa shape index (κ3) is 4.27. The number of alkyl halides is 3. The number of hydrogen-bond donors (Lipinski definition) is 1. The largest absolute Gasteiger partial charge is 0.468 e. The second-order valence-electron chi connectivity index (χ2n) is 7.19. The summed E-state index contributed by atoms with van der Waals surface area (Å²) in [6.07, 6.45) is -5.41. The van der Waals surface area contributed by atoms with E-state index >= 15 is 0 Å². The molecular formula is C21H18Cl2F3N3O3. The Morgan fingerprint density at radius 2 is 1.84 bits per heavy atom. The van der Waals surface area contributed by atoms with E-state index in [1.807, 2.05) is 0 Å². The van der Waals surface area contributed by atoms with Gasteiger partial charge in [0.1, 0.15) is 0 Å². The lowest BCUT2D eigenvalue weighted by Gasteiger charge is -2.29. The van der Waals surface area contributed by atoms with Crippen molar-refractivity contribution < 1.29 is 27.5 Å². The molecular weight excluding hydrogens is 470 g/mol. The number of halogens is 5. The molecule has 1 unspecified atom stereocenters. The average molecular weight is 488 g/mol. The number of carbonyl (C=O) groups excluding carboxylic acids is 1. The second-order valence-corrected chi connectivity index (χ2v) is 8.06. The van der Waals surface area contributed by atoms with E-state index < -0.39 is 24.1 Å². The third-order valence-corrected chi connectivity index (χ3v) is 5.54. The molecule has 0 bridgehead atoms. The van der Waals surface area contributed by atoms with E-state index in [1.165, 1.54) is 38.4 Å². The zero-order valence-electron chi connectivity index (χ0n) is 17.2. The fourth-order valence-electron chi connectivity index (χ4n) is 3.34. The van der Waals surface area contributed by atoms with Crippen molar-refractivity contribution in [2.24, 2.45) is 5.16 Å². The van der Waals surface area contributed by atoms with Gasteiger partial charge in [-0.15, -0.1) is 0 Å². The normalized spacial score (nSPS) is 18.1. The molecule has 1 N–H and O–H groups in total. The minimum absolute atomic E-state index is 0.0395. The van der Waals surface area contributed by atoms with Crippen LogP contribution in [0.25, 0.3) is 0 Å². The maximum atomic E-state index is 14.1. The van der Waals surface area contributed by atoms with E-state index in [-0.39, 0.29) is 32.9 Å². The first-order valence-corrected chi connectivity index (χ1v) is 9.95. The molecule has 0 spiro atoms. The maximum absolute atomic E-state index is 14.1. The van der Waals surface area contributed by atoms with Crippen LogP contribution < -0.4 is 0 Å². The van der Waals surface area contributed by atoms with Crippen molar-refractivity contribution in [3.8, 4) is 0 Å². The first-order chi connectivity index (χ1) is 14.9. The van der Waals surface area contributed by atoms with E-state index in [9.17, 15) is 18.0 Å². The van der Waals surface area contributed by atoms with Crippen LogP contribution in [-0.2, 0) is 15.2 Å². The number of nitrogens with one attached hydrogen (secondary N) is 1. The molecule has 0 aliphatic carbocycles. The van der Waals surface area contributed by atoms with E-state index in [0.29, 0.717) is 11.1 Å². The summed E-state index contributed by atoms with van der Waals surface area (Å²) < 4.78 is 47.1. The molecule has 0 aromatic heterocycles. The highest BCUT2D eigenvalue weighted by Crippen LogP contribution is 2.49. The highest BCUT2D eigenvalue weighted by molar-refractivity contribution is 6.34. The van der Waals surface area contributed by atoms with Crippen molar-refractivity contribution in [1.29, 1.82) is 5.41 Å². The number of hydrogen-bond acceptors (Lipinski definition) is 5. The van der Waals surface area contributed by atoms with E-state index in [4.69, 9.17) is 38.2 Å². The smallest absolute Gasteiger partial charge is 0.435 e. The Morgan fingerprint density at radius 3 is 2.38 bits per heavy atom. The molecule has 2 aromatic carbocycles. The van der Waals surface area contributed by atoms with Crippen LogP contribution in [0.3, 0.4) is 0 Å². The molecule has 170 valence electrons. The third-order valence-electron chi connectivity index (χ3n) is 5.11. The summed E-state index contributed by atoms with van der Waals surface area (Å²) in [6, 6.07) is 7.74. The molecule has 1 heterocycles. The van der Waals surface area contributed by atoms with Gasteiger partial charge < -0.3 is 9.57 Å². The molecule has 0 radical (unpaired) electrons. The van der Waals surface area contributed by atoms with Gasteiger partial charge in [0.05, 0.1) is 12.8 Å². The predicted molar refractivity (Wildman–Crippen MR) is 114 cm³/mol. The fourth-order valence-corrected chi connectivity index (χ4v) is 3.86. The Bertz CT molecular complexity index is 1100. The van der Waals surface area contributed by atoms with Crippen molar-refractivity contribution in [1.82, 2.24) is 4.90 Å². The molecule has 1 aliphatic rings. The number of methoxy groups -OCH3 is 1. The van der Waals surface area contributed by atoms with Gasteiger partial charge >= 0.3 is 6.18 Å². The van der Waals surface area contributed by atoms with Crippen LogP contribution in [0.4, 0.5) is 13.2 Å². The molecule has 6 nitrogen and oxygen atoms in total. The summed E-state index contributed by atoms with van der Waals surface area (Å²) in [5.74, 6) is -0.497. The van der Waals surface area contributed by atoms with Crippen LogP contribution in [-0.4, -0.2) is 42.9 Å². The Balaban J connectivity index is 1.94. The second kappa shape index (κ2) is 8.63. The van der Waals surface area contributed by atoms with Crippen molar-refractivity contribution in [3.05, 3.63) is 68.7 Å². The first kappa shape index (κ1) is 23.9.